The van der Waals surface area contributed by atoms with E-state index in [0.29, 0.717) is 5.76 Å². The molecule has 0 bridgehead atoms. The van der Waals surface area contributed by atoms with Gasteiger partial charge in [0.05, 0.1) is 12.1 Å². The molecule has 0 radical (unpaired) electrons. The van der Waals surface area contributed by atoms with E-state index in [1.165, 1.54) is 11.1 Å². The Morgan fingerprint density at radius 1 is 1.38 bits per heavy atom. The highest BCUT2D eigenvalue weighted by atomic mass is 16.5. The molecule has 0 spiro atoms. The number of amides is 1. The number of nitrogens with zero attached hydrogens (tertiary/aromatic N) is 1. The third kappa shape index (κ3) is 2.97. The molecule has 0 fully saturated rings. The van der Waals surface area contributed by atoms with Crippen molar-refractivity contribution in [3.8, 4) is 0 Å². The van der Waals surface area contributed by atoms with E-state index in [9.17, 15) is 4.79 Å². The number of carbonyl (C=O) groups excluding carboxylic acids is 1. The standard InChI is InChI=1S/C16H19N3O2/c1-10-15(11(2)21-19-10)8-16(20)18-14-4-3-12-5-6-17-9-13(12)7-14/h3-4,7,17H,5-6,8-9H2,1-2H3,(H,18,20). The van der Waals surface area contributed by atoms with Gasteiger partial charge < -0.3 is 15.2 Å². The summed E-state index contributed by atoms with van der Waals surface area (Å²) in [7, 11) is 0. The number of benzene rings is 1. The van der Waals surface area contributed by atoms with Crippen molar-refractivity contribution in [2.75, 3.05) is 11.9 Å². The summed E-state index contributed by atoms with van der Waals surface area (Å²) in [5.74, 6) is 0.658. The molecule has 1 aromatic heterocycles. The van der Waals surface area contributed by atoms with Crippen molar-refractivity contribution >= 4 is 11.6 Å². The molecule has 2 aromatic rings. The normalized spacial score (nSPS) is 13.8. The maximum Gasteiger partial charge on any atom is 0.228 e. The second-order valence-corrected chi connectivity index (χ2v) is 5.44. The SMILES string of the molecule is Cc1noc(C)c1CC(=O)Nc1ccc2c(c1)CNCC2. The van der Waals surface area contributed by atoms with Gasteiger partial charge in [-0.3, -0.25) is 4.79 Å². The topological polar surface area (TPSA) is 67.2 Å². The highest BCUT2D eigenvalue weighted by Crippen LogP contribution is 2.20. The minimum atomic E-state index is -0.0480. The number of aromatic nitrogens is 1. The quantitative estimate of drug-likeness (QED) is 0.906. The highest BCUT2D eigenvalue weighted by molar-refractivity contribution is 5.92. The molecule has 2 heterocycles. The van der Waals surface area contributed by atoms with Crippen LogP contribution in [0.3, 0.4) is 0 Å². The minimum Gasteiger partial charge on any atom is -0.361 e. The second-order valence-electron chi connectivity index (χ2n) is 5.44. The third-order valence-corrected chi connectivity index (χ3v) is 3.90. The van der Waals surface area contributed by atoms with Crippen LogP contribution in [0.2, 0.25) is 0 Å². The molecule has 5 heteroatoms. The average molecular weight is 285 g/mol. The molecule has 0 aliphatic carbocycles. The molecule has 1 aliphatic heterocycles. The summed E-state index contributed by atoms with van der Waals surface area (Å²) in [5, 5.41) is 10.2. The van der Waals surface area contributed by atoms with Crippen LogP contribution in [-0.2, 0) is 24.2 Å². The molecule has 0 saturated heterocycles. The number of carbonyl (C=O) groups is 1. The molecular weight excluding hydrogens is 266 g/mol. The molecule has 21 heavy (non-hydrogen) atoms. The zero-order valence-corrected chi connectivity index (χ0v) is 12.3. The number of fused-ring (bicyclic) bond motifs is 1. The van der Waals surface area contributed by atoms with Crippen molar-refractivity contribution < 1.29 is 9.32 Å². The number of nitrogens with one attached hydrogen (secondary N) is 2. The first-order chi connectivity index (χ1) is 10.1. The van der Waals surface area contributed by atoms with Crippen LogP contribution in [-0.4, -0.2) is 17.6 Å². The number of rotatable bonds is 3. The lowest BCUT2D eigenvalue weighted by Crippen LogP contribution is -2.24. The van der Waals surface area contributed by atoms with Crippen molar-refractivity contribution in [1.29, 1.82) is 0 Å². The molecule has 0 saturated carbocycles. The smallest absolute Gasteiger partial charge is 0.228 e. The zero-order valence-electron chi connectivity index (χ0n) is 12.3. The van der Waals surface area contributed by atoms with Gasteiger partial charge >= 0.3 is 0 Å². The van der Waals surface area contributed by atoms with Crippen LogP contribution >= 0.6 is 0 Å². The van der Waals surface area contributed by atoms with Crippen LogP contribution in [0.1, 0.15) is 28.1 Å². The first-order valence-electron chi connectivity index (χ1n) is 7.17. The van der Waals surface area contributed by atoms with Gasteiger partial charge in [0.2, 0.25) is 5.91 Å². The fourth-order valence-corrected chi connectivity index (χ4v) is 2.68. The van der Waals surface area contributed by atoms with Gasteiger partial charge in [0.25, 0.3) is 0 Å². The number of hydrogen-bond acceptors (Lipinski definition) is 4. The van der Waals surface area contributed by atoms with E-state index in [1.54, 1.807) is 0 Å². The van der Waals surface area contributed by atoms with Gasteiger partial charge in [-0.15, -0.1) is 0 Å². The van der Waals surface area contributed by atoms with Crippen molar-refractivity contribution in [3.63, 3.8) is 0 Å². The van der Waals surface area contributed by atoms with E-state index in [4.69, 9.17) is 4.52 Å². The van der Waals surface area contributed by atoms with Crippen LogP contribution in [0, 0.1) is 13.8 Å². The van der Waals surface area contributed by atoms with Gasteiger partial charge in [-0.25, -0.2) is 0 Å². The van der Waals surface area contributed by atoms with Crippen LogP contribution in [0.4, 0.5) is 5.69 Å². The molecule has 1 aromatic carbocycles. The molecule has 1 amide bonds. The summed E-state index contributed by atoms with van der Waals surface area (Å²) in [6.07, 6.45) is 1.33. The maximum absolute atomic E-state index is 12.2. The lowest BCUT2D eigenvalue weighted by Gasteiger charge is -2.18. The number of aryl methyl sites for hydroxylation is 2. The predicted molar refractivity (Wildman–Crippen MR) is 80.2 cm³/mol. The monoisotopic (exact) mass is 285 g/mol. The Kier molecular flexibility index (Phi) is 3.75. The zero-order chi connectivity index (χ0) is 14.8. The summed E-state index contributed by atoms with van der Waals surface area (Å²) in [6.45, 7) is 5.56. The first kappa shape index (κ1) is 13.8. The lowest BCUT2D eigenvalue weighted by atomic mass is 10.0. The Hall–Kier alpha value is -2.14. The van der Waals surface area contributed by atoms with Gasteiger partial charge in [-0.2, -0.15) is 0 Å². The van der Waals surface area contributed by atoms with Crippen molar-refractivity contribution in [3.05, 3.63) is 46.3 Å². The van der Waals surface area contributed by atoms with Crippen LogP contribution in [0.15, 0.2) is 22.7 Å². The Morgan fingerprint density at radius 3 is 3.00 bits per heavy atom. The molecule has 3 rings (SSSR count). The van der Waals surface area contributed by atoms with Crippen LogP contribution < -0.4 is 10.6 Å². The maximum atomic E-state index is 12.2. The largest absolute Gasteiger partial charge is 0.361 e. The Bertz CT molecular complexity index is 657. The molecule has 110 valence electrons. The molecule has 0 atom stereocenters. The van der Waals surface area contributed by atoms with E-state index in [-0.39, 0.29) is 12.3 Å². The van der Waals surface area contributed by atoms with E-state index < -0.39 is 0 Å². The van der Waals surface area contributed by atoms with E-state index >= 15 is 0 Å². The summed E-state index contributed by atoms with van der Waals surface area (Å²) < 4.78 is 5.08. The van der Waals surface area contributed by atoms with E-state index in [1.807, 2.05) is 26.0 Å². The van der Waals surface area contributed by atoms with Crippen molar-refractivity contribution in [1.82, 2.24) is 10.5 Å². The fourth-order valence-electron chi connectivity index (χ4n) is 2.68. The van der Waals surface area contributed by atoms with Crippen molar-refractivity contribution in [2.45, 2.75) is 33.2 Å². The number of anilines is 1. The summed E-state index contributed by atoms with van der Waals surface area (Å²) in [6, 6.07) is 6.11. The molecule has 2 N–H and O–H groups in total. The summed E-state index contributed by atoms with van der Waals surface area (Å²) in [5.41, 5.74) is 5.10. The average Bonchev–Trinajstić information content (AvgIpc) is 2.79. The van der Waals surface area contributed by atoms with E-state index in [2.05, 4.69) is 21.9 Å². The van der Waals surface area contributed by atoms with Gasteiger partial charge in [0, 0.05) is 17.8 Å². The Labute approximate surface area is 123 Å². The first-order valence-corrected chi connectivity index (χ1v) is 7.17. The van der Waals surface area contributed by atoms with Gasteiger partial charge in [-0.1, -0.05) is 11.2 Å². The van der Waals surface area contributed by atoms with Gasteiger partial charge in [0.1, 0.15) is 5.76 Å². The number of hydrogen-bond donors (Lipinski definition) is 2. The lowest BCUT2D eigenvalue weighted by molar-refractivity contribution is -0.115. The fraction of sp³-hybridized carbons (Fsp3) is 0.375. The van der Waals surface area contributed by atoms with E-state index in [0.717, 1.165) is 36.5 Å². The Morgan fingerprint density at radius 2 is 2.24 bits per heavy atom. The molecule has 1 aliphatic rings. The molecule has 0 unspecified atom stereocenters. The molecule has 5 nitrogen and oxygen atoms in total. The second kappa shape index (κ2) is 5.69. The highest BCUT2D eigenvalue weighted by Gasteiger charge is 2.14. The van der Waals surface area contributed by atoms with Crippen LogP contribution in [0.5, 0.6) is 0 Å². The van der Waals surface area contributed by atoms with Crippen molar-refractivity contribution in [2.24, 2.45) is 0 Å². The Balaban J connectivity index is 1.70. The van der Waals surface area contributed by atoms with Crippen LogP contribution in [0.25, 0.3) is 0 Å². The van der Waals surface area contributed by atoms with Gasteiger partial charge in [-0.05, 0) is 50.1 Å². The minimum absolute atomic E-state index is 0.0480. The summed E-state index contributed by atoms with van der Waals surface area (Å²) in [4.78, 5) is 12.2. The molecular formula is C16H19N3O2. The van der Waals surface area contributed by atoms with Gasteiger partial charge in [0.15, 0.2) is 0 Å². The predicted octanol–water partition coefficient (Wildman–Crippen LogP) is 2.12. The summed E-state index contributed by atoms with van der Waals surface area (Å²) >= 11 is 0. The third-order valence-electron chi connectivity index (χ3n) is 3.90.